The van der Waals surface area contributed by atoms with Gasteiger partial charge in [0.1, 0.15) is 5.88 Å². The summed E-state index contributed by atoms with van der Waals surface area (Å²) in [6.07, 6.45) is 2.01. The Kier molecular flexibility index (Phi) is 4.23. The van der Waals surface area contributed by atoms with E-state index < -0.39 is 0 Å². The maximum Gasteiger partial charge on any atom is 0.239 e. The van der Waals surface area contributed by atoms with E-state index in [2.05, 4.69) is 9.88 Å². The van der Waals surface area contributed by atoms with Crippen LogP contribution >= 0.6 is 11.6 Å². The number of rotatable bonds is 5. The molecule has 0 bridgehead atoms. The third-order valence-corrected chi connectivity index (χ3v) is 2.96. The van der Waals surface area contributed by atoms with Crippen LogP contribution in [-0.2, 0) is 16.1 Å². The number of nitrogens with zero attached hydrogens (tertiary/aromatic N) is 1. The highest BCUT2D eigenvalue weighted by Gasteiger charge is 2.04. The average Bonchev–Trinajstić information content (AvgIpc) is 2.78. The summed E-state index contributed by atoms with van der Waals surface area (Å²) in [6, 6.07) is 7.82. The normalized spacial score (nSPS) is 10.8. The van der Waals surface area contributed by atoms with Crippen molar-refractivity contribution in [1.82, 2.24) is 4.57 Å². The molecule has 0 atom stereocenters. The molecular formula is C13H15ClN2O2. The van der Waals surface area contributed by atoms with Crippen LogP contribution < -0.4 is 5.32 Å². The van der Waals surface area contributed by atoms with E-state index in [1.807, 2.05) is 30.5 Å². The number of nitrogens with one attached hydrogen (secondary N) is 1. The average molecular weight is 267 g/mol. The van der Waals surface area contributed by atoms with Crippen molar-refractivity contribution in [2.24, 2.45) is 0 Å². The first-order chi connectivity index (χ1) is 8.74. The number of halogens is 1. The Balaban J connectivity index is 2.27. The summed E-state index contributed by atoms with van der Waals surface area (Å²) in [5.41, 5.74) is 1.82. The Labute approximate surface area is 110 Å². The fraction of sp³-hybridized carbons (Fsp3) is 0.308. The molecule has 2 aromatic rings. The van der Waals surface area contributed by atoms with Crippen molar-refractivity contribution < 1.29 is 9.53 Å². The topological polar surface area (TPSA) is 43.3 Å². The van der Waals surface area contributed by atoms with Gasteiger partial charge in [-0.25, -0.2) is 0 Å². The predicted molar refractivity (Wildman–Crippen MR) is 73.2 cm³/mol. The number of amides is 1. The Bertz CT molecular complexity index is 551. The molecule has 5 heteroatoms. The van der Waals surface area contributed by atoms with Gasteiger partial charge in [-0.15, -0.1) is 11.6 Å². The monoisotopic (exact) mass is 266 g/mol. The van der Waals surface area contributed by atoms with Gasteiger partial charge in [-0.3, -0.25) is 4.79 Å². The van der Waals surface area contributed by atoms with E-state index in [0.717, 1.165) is 23.1 Å². The molecular weight excluding hydrogens is 252 g/mol. The van der Waals surface area contributed by atoms with Gasteiger partial charge in [0.25, 0.3) is 0 Å². The smallest absolute Gasteiger partial charge is 0.239 e. The first-order valence-electron chi connectivity index (χ1n) is 5.68. The van der Waals surface area contributed by atoms with E-state index in [4.69, 9.17) is 16.3 Å². The zero-order chi connectivity index (χ0) is 13.0. The molecule has 0 aliphatic carbocycles. The van der Waals surface area contributed by atoms with Gasteiger partial charge in [-0.05, 0) is 23.6 Å². The second-order valence-electron chi connectivity index (χ2n) is 3.96. The van der Waals surface area contributed by atoms with Crippen LogP contribution in [-0.4, -0.2) is 30.1 Å². The number of carbonyl (C=O) groups excluding carboxylic acids is 1. The van der Waals surface area contributed by atoms with Crippen LogP contribution in [0.2, 0.25) is 0 Å². The number of hydrogen-bond acceptors (Lipinski definition) is 2. The van der Waals surface area contributed by atoms with Crippen molar-refractivity contribution in [1.29, 1.82) is 0 Å². The molecule has 96 valence electrons. The summed E-state index contributed by atoms with van der Waals surface area (Å²) >= 11 is 5.47. The van der Waals surface area contributed by atoms with Crippen LogP contribution in [0.5, 0.6) is 0 Å². The molecule has 0 fully saturated rings. The summed E-state index contributed by atoms with van der Waals surface area (Å²) in [5, 5.41) is 3.88. The van der Waals surface area contributed by atoms with Gasteiger partial charge in [-0.2, -0.15) is 0 Å². The maximum absolute atomic E-state index is 11.2. The number of anilines is 1. The van der Waals surface area contributed by atoms with Crippen molar-refractivity contribution in [2.75, 3.05) is 24.9 Å². The zero-order valence-corrected chi connectivity index (χ0v) is 10.9. The molecule has 0 aliphatic heterocycles. The van der Waals surface area contributed by atoms with E-state index in [9.17, 15) is 4.79 Å². The minimum Gasteiger partial charge on any atom is -0.383 e. The number of ether oxygens (including phenoxy) is 1. The molecule has 1 heterocycles. The van der Waals surface area contributed by atoms with Crippen LogP contribution in [0, 0.1) is 0 Å². The highest BCUT2D eigenvalue weighted by molar-refractivity contribution is 6.29. The van der Waals surface area contributed by atoms with E-state index in [1.165, 1.54) is 0 Å². The molecule has 0 aliphatic rings. The third kappa shape index (κ3) is 2.83. The number of carbonyl (C=O) groups is 1. The summed E-state index contributed by atoms with van der Waals surface area (Å²) in [5.74, 6) is -0.242. The highest BCUT2D eigenvalue weighted by atomic mass is 35.5. The molecule has 4 nitrogen and oxygen atoms in total. The molecule has 0 spiro atoms. The minimum absolute atomic E-state index is 0.0390. The number of fused-ring (bicyclic) bond motifs is 1. The third-order valence-electron chi connectivity index (χ3n) is 2.72. The first-order valence-corrected chi connectivity index (χ1v) is 6.21. The van der Waals surface area contributed by atoms with Crippen molar-refractivity contribution in [3.8, 4) is 0 Å². The van der Waals surface area contributed by atoms with Crippen LogP contribution in [0.1, 0.15) is 0 Å². The van der Waals surface area contributed by atoms with Crippen LogP contribution in [0.3, 0.4) is 0 Å². The largest absolute Gasteiger partial charge is 0.383 e. The van der Waals surface area contributed by atoms with Crippen LogP contribution in [0.15, 0.2) is 30.5 Å². The summed E-state index contributed by atoms with van der Waals surface area (Å²) in [7, 11) is 1.68. The van der Waals surface area contributed by atoms with Gasteiger partial charge in [0.15, 0.2) is 0 Å². The zero-order valence-electron chi connectivity index (χ0n) is 10.1. The first kappa shape index (κ1) is 12.9. The molecule has 1 aromatic heterocycles. The number of hydrogen-bond donors (Lipinski definition) is 1. The van der Waals surface area contributed by atoms with Gasteiger partial charge < -0.3 is 14.6 Å². The molecule has 0 radical (unpaired) electrons. The molecule has 2 rings (SSSR count). The standard InChI is InChI=1S/C13H15ClN2O2/c1-18-7-6-16-5-4-10-2-3-11(8-12(10)16)15-13(17)9-14/h2-5,8H,6-7,9H2,1H3,(H,15,17). The van der Waals surface area contributed by atoms with E-state index in [0.29, 0.717) is 6.61 Å². The van der Waals surface area contributed by atoms with E-state index >= 15 is 0 Å². The van der Waals surface area contributed by atoms with Gasteiger partial charge in [0.05, 0.1) is 12.1 Å². The molecule has 1 aromatic carbocycles. The molecule has 1 N–H and O–H groups in total. The van der Waals surface area contributed by atoms with Crippen molar-refractivity contribution >= 4 is 34.1 Å². The molecule has 18 heavy (non-hydrogen) atoms. The van der Waals surface area contributed by atoms with Crippen molar-refractivity contribution in [2.45, 2.75) is 6.54 Å². The SMILES string of the molecule is COCCn1ccc2ccc(NC(=O)CCl)cc21. The van der Waals surface area contributed by atoms with Gasteiger partial charge in [0, 0.05) is 25.5 Å². The Morgan fingerprint density at radius 1 is 1.44 bits per heavy atom. The van der Waals surface area contributed by atoms with Gasteiger partial charge in [-0.1, -0.05) is 6.07 Å². The Hall–Kier alpha value is -1.52. The lowest BCUT2D eigenvalue weighted by Crippen LogP contribution is -2.12. The number of alkyl halides is 1. The highest BCUT2D eigenvalue weighted by Crippen LogP contribution is 2.20. The predicted octanol–water partition coefficient (Wildman–Crippen LogP) is 2.47. The lowest BCUT2D eigenvalue weighted by atomic mass is 10.2. The lowest BCUT2D eigenvalue weighted by Gasteiger charge is -2.07. The minimum atomic E-state index is -0.203. The molecule has 1 amide bonds. The van der Waals surface area contributed by atoms with E-state index in [1.54, 1.807) is 7.11 Å². The fourth-order valence-electron chi connectivity index (χ4n) is 1.84. The second-order valence-corrected chi connectivity index (χ2v) is 4.22. The molecule has 0 saturated heterocycles. The quantitative estimate of drug-likeness (QED) is 0.845. The summed E-state index contributed by atoms with van der Waals surface area (Å²) < 4.78 is 7.16. The lowest BCUT2D eigenvalue weighted by molar-refractivity contribution is -0.113. The van der Waals surface area contributed by atoms with Crippen LogP contribution in [0.4, 0.5) is 5.69 Å². The van der Waals surface area contributed by atoms with Gasteiger partial charge in [0.2, 0.25) is 5.91 Å². The summed E-state index contributed by atoms with van der Waals surface area (Å²) in [6.45, 7) is 1.44. The number of benzene rings is 1. The number of aromatic nitrogens is 1. The molecule has 0 unspecified atom stereocenters. The molecule has 0 saturated carbocycles. The number of methoxy groups -OCH3 is 1. The summed E-state index contributed by atoms with van der Waals surface area (Å²) in [4.78, 5) is 11.2. The van der Waals surface area contributed by atoms with Crippen molar-refractivity contribution in [3.63, 3.8) is 0 Å². The second kappa shape index (κ2) is 5.89. The van der Waals surface area contributed by atoms with Gasteiger partial charge >= 0.3 is 0 Å². The van der Waals surface area contributed by atoms with Crippen molar-refractivity contribution in [3.05, 3.63) is 30.5 Å². The Morgan fingerprint density at radius 3 is 3.00 bits per heavy atom. The Morgan fingerprint density at radius 2 is 2.28 bits per heavy atom. The van der Waals surface area contributed by atoms with Crippen LogP contribution in [0.25, 0.3) is 10.9 Å². The van der Waals surface area contributed by atoms with E-state index in [-0.39, 0.29) is 11.8 Å². The fourth-order valence-corrected chi connectivity index (χ4v) is 1.91. The maximum atomic E-state index is 11.2.